The lowest BCUT2D eigenvalue weighted by Crippen LogP contribution is -2.66. The fourth-order valence-electron chi connectivity index (χ4n) is 7.54. The number of likely N-dealkylation sites (N-methyl/N-ethyl adjacent to an activating group) is 1. The van der Waals surface area contributed by atoms with Crippen molar-refractivity contribution in [3.05, 3.63) is 58.7 Å². The van der Waals surface area contributed by atoms with Crippen LogP contribution in [0.4, 0.5) is 0 Å². The third-order valence-corrected chi connectivity index (χ3v) is 10.9. The van der Waals surface area contributed by atoms with E-state index in [-0.39, 0.29) is 23.8 Å². The van der Waals surface area contributed by atoms with E-state index in [2.05, 4.69) is 6.92 Å². The van der Waals surface area contributed by atoms with Gasteiger partial charge in [-0.3, -0.25) is 0 Å². The second kappa shape index (κ2) is 22.0. The van der Waals surface area contributed by atoms with Crippen molar-refractivity contribution in [2.75, 3.05) is 34.9 Å². The number of carbonyl (C=O) groups excluding carboxylic acids is 1. The fourth-order valence-corrected chi connectivity index (χ4v) is 7.54. The lowest BCUT2D eigenvalue weighted by molar-refractivity contribution is -0.351. The Hall–Kier alpha value is -2.27. The van der Waals surface area contributed by atoms with Crippen molar-refractivity contribution in [3.63, 3.8) is 0 Å². The van der Waals surface area contributed by atoms with Gasteiger partial charge in [-0.2, -0.15) is 0 Å². The third kappa shape index (κ3) is 12.4. The second-order valence-electron chi connectivity index (χ2n) is 15.7. The number of hydrogen-bond acceptors (Lipinski definition) is 13. The van der Waals surface area contributed by atoms with E-state index in [1.165, 1.54) is 20.3 Å². The molecule has 0 amide bonds. The first-order valence-corrected chi connectivity index (χ1v) is 19.6. The number of aliphatic hydroxyl groups excluding tert-OH is 4. The summed E-state index contributed by atoms with van der Waals surface area (Å²) < 4.78 is 42.8. The molecule has 3 heterocycles. The summed E-state index contributed by atoms with van der Waals surface area (Å²) in [6.07, 6.45) is 3.17. The molecule has 0 radical (unpaired) electrons. The number of aliphatic hydroxyl groups is 4. The molecule has 0 aromatic heterocycles. The van der Waals surface area contributed by atoms with E-state index in [9.17, 15) is 25.2 Å². The highest BCUT2D eigenvalue weighted by molar-refractivity contribution is 5.89. The maximum atomic E-state index is 13.0. The normalized spacial score (nSPS) is 37.7. The number of rotatable bonds is 10. The number of cyclic esters (lactones) is 1. The number of ether oxygens (including phenoxy) is 7. The minimum absolute atomic E-state index is 0.0214. The number of hydrogen-bond donors (Lipinski definition) is 4. The molecular formula is C42H69NO12. The van der Waals surface area contributed by atoms with Gasteiger partial charge in [0.25, 0.3) is 0 Å². The van der Waals surface area contributed by atoms with E-state index in [1.54, 1.807) is 19.1 Å². The van der Waals surface area contributed by atoms with Crippen molar-refractivity contribution in [2.45, 2.75) is 154 Å². The van der Waals surface area contributed by atoms with Crippen LogP contribution >= 0.6 is 0 Å². The minimum Gasteiger partial charge on any atom is -0.458 e. The van der Waals surface area contributed by atoms with Gasteiger partial charge in [0.05, 0.1) is 42.6 Å². The first-order valence-electron chi connectivity index (χ1n) is 19.6. The van der Waals surface area contributed by atoms with Crippen LogP contribution in [0.3, 0.4) is 0 Å². The van der Waals surface area contributed by atoms with Crippen LogP contribution in [0, 0.1) is 11.8 Å². The van der Waals surface area contributed by atoms with E-state index in [0.29, 0.717) is 12.8 Å². The zero-order valence-corrected chi connectivity index (χ0v) is 35.0. The molecule has 3 aliphatic rings. The molecule has 0 saturated carbocycles. The van der Waals surface area contributed by atoms with Crippen LogP contribution in [-0.2, 0) is 38.0 Å². The minimum atomic E-state index is -1.16. The van der Waals surface area contributed by atoms with Gasteiger partial charge in [-0.15, -0.1) is 0 Å². The van der Waals surface area contributed by atoms with E-state index >= 15 is 0 Å². The maximum absolute atomic E-state index is 13.0. The summed E-state index contributed by atoms with van der Waals surface area (Å²) >= 11 is 0. The fraction of sp³-hybridized carbons (Fsp3) is 0.738. The summed E-state index contributed by atoms with van der Waals surface area (Å²) in [6.45, 7) is 15.0. The Morgan fingerprint density at radius 3 is 2.11 bits per heavy atom. The summed E-state index contributed by atoms with van der Waals surface area (Å²) in [7, 11) is 6.68. The van der Waals surface area contributed by atoms with Crippen LogP contribution in [0.5, 0.6) is 0 Å². The Morgan fingerprint density at radius 1 is 0.891 bits per heavy atom. The smallest absolute Gasteiger partial charge is 0.336 e. The van der Waals surface area contributed by atoms with Crippen LogP contribution in [0.1, 0.15) is 74.7 Å². The molecule has 13 nitrogen and oxygen atoms in total. The van der Waals surface area contributed by atoms with Crippen LogP contribution in [0.2, 0.25) is 0 Å². The molecule has 314 valence electrons. The van der Waals surface area contributed by atoms with Gasteiger partial charge in [-0.1, -0.05) is 56.7 Å². The van der Waals surface area contributed by atoms with Gasteiger partial charge < -0.3 is 58.5 Å². The lowest BCUT2D eigenvalue weighted by atomic mass is 9.89. The molecule has 0 unspecified atom stereocenters. The van der Waals surface area contributed by atoms with Crippen LogP contribution in [0.15, 0.2) is 58.7 Å². The van der Waals surface area contributed by atoms with Gasteiger partial charge >= 0.3 is 5.97 Å². The summed E-state index contributed by atoms with van der Waals surface area (Å²) in [5, 5.41) is 44.0. The lowest BCUT2D eigenvalue weighted by Gasteiger charge is -2.50. The molecule has 13 heteroatoms. The molecule has 2 saturated heterocycles. The first kappa shape index (κ1) is 47.1. The molecule has 3 rings (SSSR count). The van der Waals surface area contributed by atoms with E-state index in [0.717, 1.165) is 16.7 Å². The molecule has 0 aromatic rings. The monoisotopic (exact) mass is 779 g/mol. The maximum Gasteiger partial charge on any atom is 0.336 e. The molecule has 4 N–H and O–H groups in total. The topological polar surface area (TPSA) is 166 Å². The number of carbonyl (C=O) groups is 1. The first-order chi connectivity index (χ1) is 26.0. The SMILES string of the molecule is CC[C@H]1C=C(C)[C@@H](O)CC=CC=C(CO)C(=O)O[C@H](C(C)C)CC=C(C)C=C(C)[C@@H]1O[C@@H]1O[C@H](C)[C@@H](O[C@@H]2O[C@H](C)[C@@H](OC)[C@H](O)[C@H]2OC)[C@H](N(C)C)[C@H]1O. The van der Waals surface area contributed by atoms with Crippen molar-refractivity contribution >= 4 is 5.97 Å². The van der Waals surface area contributed by atoms with Crippen LogP contribution in [-0.4, -0.2) is 146 Å². The Balaban J connectivity index is 2.00. The van der Waals surface area contributed by atoms with Gasteiger partial charge in [0, 0.05) is 26.6 Å². The number of methoxy groups -OCH3 is 2. The Bertz CT molecular complexity index is 1370. The highest BCUT2D eigenvalue weighted by Gasteiger charge is 2.51. The van der Waals surface area contributed by atoms with Crippen LogP contribution < -0.4 is 0 Å². The average Bonchev–Trinajstić information content (AvgIpc) is 3.12. The highest BCUT2D eigenvalue weighted by atomic mass is 16.7. The molecule has 0 aromatic carbocycles. The molecule has 0 aliphatic carbocycles. The van der Waals surface area contributed by atoms with Crippen LogP contribution in [0.25, 0.3) is 0 Å². The molecule has 0 spiro atoms. The molecule has 55 heavy (non-hydrogen) atoms. The van der Waals surface area contributed by atoms with Crippen molar-refractivity contribution in [1.82, 2.24) is 4.90 Å². The van der Waals surface area contributed by atoms with Gasteiger partial charge in [0.15, 0.2) is 12.6 Å². The molecule has 2 fully saturated rings. The number of allylic oxidation sites excluding steroid dienone is 4. The standard InChI is InChI=1S/C42H69NO12/c1-13-29-21-25(5)31(45)17-15-14-16-30(22-44)40(48)53-32(23(2)3)19-18-24(4)20-26(6)36(29)54-41-34(46)33(43(9)10)37(27(7)51-41)55-42-39(50-12)35(47)38(49-11)28(8)52-42/h14-16,18,20-21,23,27-29,31-39,41-42,44-47H,13,17,19,22H2,1-12H3/t27-,28-,29+,31+,32+,33-,34-,35+,36+,37-,38-,39-,41+,42+/m1/s1. The average molecular weight is 780 g/mol. The quantitative estimate of drug-likeness (QED) is 0.186. The Morgan fingerprint density at radius 2 is 1.53 bits per heavy atom. The van der Waals surface area contributed by atoms with Crippen molar-refractivity contribution in [2.24, 2.45) is 11.8 Å². The van der Waals surface area contributed by atoms with E-state index < -0.39 is 92.2 Å². The highest BCUT2D eigenvalue weighted by Crippen LogP contribution is 2.35. The number of esters is 1. The predicted molar refractivity (Wildman–Crippen MR) is 209 cm³/mol. The van der Waals surface area contributed by atoms with Crippen molar-refractivity contribution < 1.29 is 58.4 Å². The summed E-state index contributed by atoms with van der Waals surface area (Å²) in [5.41, 5.74) is 2.68. The zero-order valence-electron chi connectivity index (χ0n) is 35.0. The zero-order chi connectivity index (χ0) is 41.1. The van der Waals surface area contributed by atoms with E-state index in [1.807, 2.05) is 78.8 Å². The summed E-state index contributed by atoms with van der Waals surface area (Å²) in [6, 6.07) is -0.602. The molecular weight excluding hydrogens is 710 g/mol. The molecule has 14 atom stereocenters. The Kier molecular flexibility index (Phi) is 18.9. The number of nitrogens with zero attached hydrogens (tertiary/aromatic N) is 1. The van der Waals surface area contributed by atoms with Crippen molar-refractivity contribution in [3.8, 4) is 0 Å². The third-order valence-electron chi connectivity index (χ3n) is 10.9. The van der Waals surface area contributed by atoms with Gasteiger partial charge in [0.1, 0.15) is 36.6 Å². The molecule has 3 aliphatic heterocycles. The van der Waals surface area contributed by atoms with Gasteiger partial charge in [-0.05, 0) is 84.7 Å². The summed E-state index contributed by atoms with van der Waals surface area (Å²) in [5.74, 6) is -0.770. The van der Waals surface area contributed by atoms with E-state index in [4.69, 9.17) is 33.2 Å². The largest absolute Gasteiger partial charge is 0.458 e. The van der Waals surface area contributed by atoms with Gasteiger partial charge in [-0.25, -0.2) is 4.79 Å². The Labute approximate surface area is 328 Å². The predicted octanol–water partition coefficient (Wildman–Crippen LogP) is 3.99. The summed E-state index contributed by atoms with van der Waals surface area (Å²) in [4.78, 5) is 14.8. The van der Waals surface area contributed by atoms with Crippen molar-refractivity contribution in [1.29, 1.82) is 0 Å². The van der Waals surface area contributed by atoms with Gasteiger partial charge in [0.2, 0.25) is 0 Å². The molecule has 0 bridgehead atoms. The second-order valence-corrected chi connectivity index (χ2v) is 15.7.